The number of carbonyl (C=O) groups excluding carboxylic acids is 1. The molecule has 0 fully saturated rings. The van der Waals surface area contributed by atoms with E-state index in [1.807, 2.05) is 20.8 Å². The molecule has 2 rings (SSSR count). The maximum Gasteiger partial charge on any atom is 0.315 e. The van der Waals surface area contributed by atoms with E-state index in [4.69, 9.17) is 0 Å². The Hall–Kier alpha value is -2.44. The fourth-order valence-corrected chi connectivity index (χ4v) is 2.42. The number of carbonyl (C=O) groups is 1. The van der Waals surface area contributed by atoms with Crippen LogP contribution < -0.4 is 10.6 Å². The Bertz CT molecular complexity index is 722. The van der Waals surface area contributed by atoms with Gasteiger partial charge in [0.25, 0.3) is 0 Å². The number of rotatable bonds is 4. The molecule has 0 saturated carbocycles. The van der Waals surface area contributed by atoms with Gasteiger partial charge in [-0.1, -0.05) is 26.8 Å². The molecule has 7 heteroatoms. The lowest BCUT2D eigenvalue weighted by Gasteiger charge is -2.32. The summed E-state index contributed by atoms with van der Waals surface area (Å²) in [5.74, 6) is -1.33. The maximum absolute atomic E-state index is 14.1. The third kappa shape index (κ3) is 4.31. The molecule has 1 aromatic heterocycles. The molecular weight excluding hydrogens is 314 g/mol. The van der Waals surface area contributed by atoms with E-state index in [1.54, 1.807) is 24.0 Å². The molecule has 1 aromatic carbocycles. The van der Waals surface area contributed by atoms with Crippen molar-refractivity contribution in [3.8, 4) is 0 Å². The van der Waals surface area contributed by atoms with Crippen LogP contribution in [0.3, 0.4) is 0 Å². The molecule has 0 aliphatic carbocycles. The van der Waals surface area contributed by atoms with E-state index in [-0.39, 0.29) is 5.56 Å². The van der Waals surface area contributed by atoms with E-state index in [0.29, 0.717) is 6.54 Å². The van der Waals surface area contributed by atoms with Crippen LogP contribution in [0.1, 0.15) is 38.1 Å². The molecule has 0 aliphatic heterocycles. The zero-order valence-corrected chi connectivity index (χ0v) is 14.2. The summed E-state index contributed by atoms with van der Waals surface area (Å²) < 4.78 is 28.9. The normalized spacial score (nSPS) is 12.8. The van der Waals surface area contributed by atoms with Crippen LogP contribution in [0, 0.1) is 17.0 Å². The van der Waals surface area contributed by atoms with Gasteiger partial charge in [-0.25, -0.2) is 13.6 Å². The quantitative estimate of drug-likeness (QED) is 0.900. The van der Waals surface area contributed by atoms with Crippen molar-refractivity contribution in [3.63, 3.8) is 0 Å². The summed E-state index contributed by atoms with van der Waals surface area (Å²) in [5.41, 5.74) is 0.632. The topological polar surface area (TPSA) is 59.0 Å². The summed E-state index contributed by atoms with van der Waals surface area (Å²) in [6.45, 7) is 5.93. The number of halogens is 2. The fourth-order valence-electron chi connectivity index (χ4n) is 2.42. The van der Waals surface area contributed by atoms with Gasteiger partial charge in [0.15, 0.2) is 0 Å². The highest BCUT2D eigenvalue weighted by Crippen LogP contribution is 2.34. The Labute approximate surface area is 140 Å². The first kappa shape index (κ1) is 17.9. The Morgan fingerprint density at radius 1 is 1.29 bits per heavy atom. The van der Waals surface area contributed by atoms with Crippen LogP contribution in [0.4, 0.5) is 13.6 Å². The lowest BCUT2D eigenvalue weighted by Crippen LogP contribution is -2.42. The Balaban J connectivity index is 2.11. The second kappa shape index (κ2) is 6.98. The smallest absolute Gasteiger partial charge is 0.315 e. The molecule has 0 bridgehead atoms. The summed E-state index contributed by atoms with van der Waals surface area (Å²) in [7, 11) is 1.78. The number of nitrogens with one attached hydrogen (secondary N) is 2. The van der Waals surface area contributed by atoms with Crippen molar-refractivity contribution in [1.82, 2.24) is 20.4 Å². The second-order valence-corrected chi connectivity index (χ2v) is 6.74. The van der Waals surface area contributed by atoms with E-state index in [1.165, 1.54) is 12.1 Å². The van der Waals surface area contributed by atoms with Gasteiger partial charge in [-0.2, -0.15) is 5.10 Å². The van der Waals surface area contributed by atoms with E-state index in [2.05, 4.69) is 15.7 Å². The molecular formula is C17H22F2N4O. The molecule has 5 nitrogen and oxygen atoms in total. The number of benzene rings is 1. The minimum atomic E-state index is -0.679. The van der Waals surface area contributed by atoms with Crippen LogP contribution in [0.25, 0.3) is 0 Å². The molecule has 1 atom stereocenters. The summed E-state index contributed by atoms with van der Waals surface area (Å²) in [5, 5.41) is 9.52. The van der Waals surface area contributed by atoms with E-state index >= 15 is 0 Å². The van der Waals surface area contributed by atoms with Gasteiger partial charge in [-0.05, 0) is 17.5 Å². The Kier molecular flexibility index (Phi) is 5.21. The first-order chi connectivity index (χ1) is 11.2. The monoisotopic (exact) mass is 336 g/mol. The van der Waals surface area contributed by atoms with Crippen molar-refractivity contribution in [3.05, 3.63) is 53.4 Å². The number of aromatic nitrogens is 2. The molecule has 0 aliphatic rings. The van der Waals surface area contributed by atoms with Crippen LogP contribution in [-0.4, -0.2) is 15.8 Å². The molecule has 2 amide bonds. The lowest BCUT2D eigenvalue weighted by molar-refractivity contribution is 0.216. The zero-order chi connectivity index (χ0) is 17.9. The summed E-state index contributed by atoms with van der Waals surface area (Å²) in [4.78, 5) is 12.2. The highest BCUT2D eigenvalue weighted by molar-refractivity contribution is 5.74. The third-order valence-corrected chi connectivity index (χ3v) is 3.77. The fraction of sp³-hybridized carbons (Fsp3) is 0.412. The van der Waals surface area contributed by atoms with E-state index in [9.17, 15) is 13.6 Å². The Morgan fingerprint density at radius 3 is 2.54 bits per heavy atom. The van der Waals surface area contributed by atoms with Crippen molar-refractivity contribution in [2.24, 2.45) is 12.5 Å². The summed E-state index contributed by atoms with van der Waals surface area (Å²) in [6.07, 6.45) is 1.64. The molecule has 2 aromatic rings. The van der Waals surface area contributed by atoms with E-state index < -0.39 is 29.1 Å². The number of hydrogen-bond donors (Lipinski definition) is 2. The molecule has 130 valence electrons. The van der Waals surface area contributed by atoms with Crippen LogP contribution in [0.5, 0.6) is 0 Å². The molecule has 0 spiro atoms. The van der Waals surface area contributed by atoms with Crippen LogP contribution in [0.15, 0.2) is 30.5 Å². The van der Waals surface area contributed by atoms with Crippen molar-refractivity contribution < 1.29 is 13.6 Å². The zero-order valence-electron chi connectivity index (χ0n) is 14.2. The molecule has 24 heavy (non-hydrogen) atoms. The SMILES string of the molecule is Cn1nccc1CNC(=O)N[C@H](c1ccc(F)cc1F)C(C)(C)C. The number of aryl methyl sites for hydroxylation is 1. The predicted octanol–water partition coefficient (Wildman–Crippen LogP) is 3.28. The van der Waals surface area contributed by atoms with Gasteiger partial charge < -0.3 is 10.6 Å². The highest BCUT2D eigenvalue weighted by atomic mass is 19.1. The largest absolute Gasteiger partial charge is 0.333 e. The Morgan fingerprint density at radius 2 is 2.00 bits per heavy atom. The van der Waals surface area contributed by atoms with Gasteiger partial charge >= 0.3 is 6.03 Å². The van der Waals surface area contributed by atoms with Gasteiger partial charge in [-0.3, -0.25) is 4.68 Å². The van der Waals surface area contributed by atoms with Gasteiger partial charge in [0.2, 0.25) is 0 Å². The van der Waals surface area contributed by atoms with Gasteiger partial charge in [0.05, 0.1) is 18.3 Å². The van der Waals surface area contributed by atoms with Crippen molar-refractivity contribution in [1.29, 1.82) is 0 Å². The van der Waals surface area contributed by atoms with Crippen molar-refractivity contribution >= 4 is 6.03 Å². The van der Waals surface area contributed by atoms with Crippen molar-refractivity contribution in [2.45, 2.75) is 33.4 Å². The summed E-state index contributed by atoms with van der Waals surface area (Å²) in [6, 6.07) is 4.13. The van der Waals surface area contributed by atoms with Gasteiger partial charge in [0, 0.05) is 24.9 Å². The first-order valence-corrected chi connectivity index (χ1v) is 7.64. The van der Waals surface area contributed by atoms with Gasteiger partial charge in [0.1, 0.15) is 11.6 Å². The highest BCUT2D eigenvalue weighted by Gasteiger charge is 2.30. The van der Waals surface area contributed by atoms with Crippen LogP contribution in [-0.2, 0) is 13.6 Å². The number of hydrogen-bond acceptors (Lipinski definition) is 2. The number of nitrogens with zero attached hydrogens (tertiary/aromatic N) is 2. The molecule has 0 saturated heterocycles. The maximum atomic E-state index is 14.1. The average Bonchev–Trinajstić information content (AvgIpc) is 2.87. The third-order valence-electron chi connectivity index (χ3n) is 3.77. The van der Waals surface area contributed by atoms with Gasteiger partial charge in [-0.15, -0.1) is 0 Å². The minimum Gasteiger partial charge on any atom is -0.333 e. The van der Waals surface area contributed by atoms with E-state index in [0.717, 1.165) is 11.8 Å². The molecule has 1 heterocycles. The second-order valence-electron chi connectivity index (χ2n) is 6.74. The number of amides is 2. The average molecular weight is 336 g/mol. The predicted molar refractivity (Wildman–Crippen MR) is 87.1 cm³/mol. The lowest BCUT2D eigenvalue weighted by atomic mass is 9.82. The molecule has 0 unspecified atom stereocenters. The van der Waals surface area contributed by atoms with Crippen LogP contribution in [0.2, 0.25) is 0 Å². The number of urea groups is 1. The minimum absolute atomic E-state index is 0.250. The van der Waals surface area contributed by atoms with Crippen LogP contribution >= 0.6 is 0 Å². The standard InChI is InChI=1S/C17H22F2N4O/c1-17(2,3)15(13-6-5-11(18)9-14(13)19)22-16(24)20-10-12-7-8-21-23(12)4/h5-9,15H,10H2,1-4H3,(H2,20,22,24)/t15-/m1/s1. The molecule has 2 N–H and O–H groups in total. The summed E-state index contributed by atoms with van der Waals surface area (Å²) >= 11 is 0. The molecule has 0 radical (unpaired) electrons. The first-order valence-electron chi connectivity index (χ1n) is 7.64. The van der Waals surface area contributed by atoms with Crippen molar-refractivity contribution in [2.75, 3.05) is 0 Å².